The number of aromatic hydroxyl groups is 2. The summed E-state index contributed by atoms with van der Waals surface area (Å²) in [5, 5.41) is 24.7. The Labute approximate surface area is 324 Å². The average molecular weight is 771 g/mol. The van der Waals surface area contributed by atoms with Crippen molar-refractivity contribution in [2.75, 3.05) is 47.0 Å². The number of rotatable bonds is 8. The lowest BCUT2D eigenvalue weighted by Crippen LogP contribution is -2.48. The van der Waals surface area contributed by atoms with Crippen molar-refractivity contribution in [3.05, 3.63) is 82.0 Å². The van der Waals surface area contributed by atoms with E-state index in [0.29, 0.717) is 71.0 Å². The molecule has 4 heterocycles. The third-order valence-electron chi connectivity index (χ3n) is 10.8. The molecule has 2 amide bonds. The fourth-order valence-corrected chi connectivity index (χ4v) is 8.50. The predicted octanol–water partition coefficient (Wildman–Crippen LogP) is 6.73. The quantitative estimate of drug-likeness (QED) is 0.129. The Balaban J connectivity index is 0.938. The molecule has 0 bridgehead atoms. The third kappa shape index (κ3) is 7.89. The minimum Gasteiger partial charge on any atom is -0.508 e. The maximum Gasteiger partial charge on any atom is 0.258 e. The van der Waals surface area contributed by atoms with Crippen molar-refractivity contribution in [1.29, 1.82) is 0 Å². The molecule has 4 aromatic rings. The van der Waals surface area contributed by atoms with Crippen LogP contribution < -0.4 is 26.6 Å². The number of carbonyl (C=O) groups excluding carboxylic acids is 2. The minimum atomic E-state index is -0.274. The Morgan fingerprint density at radius 2 is 1.70 bits per heavy atom. The van der Waals surface area contributed by atoms with Gasteiger partial charge >= 0.3 is 0 Å². The standard InChI is InChI=1S/C40H47ClN8O4S/c1-23(2)28-18-29(32(51)19-31(28)50)39(53)49-21-25-7-8-27(17-26(25)22-49)47-13-9-24(10-14-47)37(52)45-30-5-4-6-33(35(30)41)54-38-36(42)46-34(20-44-38)48-15-11-40(3,43)12-16-48/h4-8,17-20,23-24,50-51H,9-16,21-22,43H2,1-3H3,(H2,42,46)(H,45,52). The maximum atomic E-state index is 13.5. The van der Waals surface area contributed by atoms with Gasteiger partial charge in [0, 0.05) is 67.4 Å². The zero-order valence-corrected chi connectivity index (χ0v) is 32.4. The number of nitrogens with one attached hydrogen (secondary N) is 1. The lowest BCUT2D eigenvalue weighted by atomic mass is 9.91. The number of hydrogen-bond acceptors (Lipinski definition) is 11. The van der Waals surface area contributed by atoms with E-state index in [1.165, 1.54) is 17.8 Å². The minimum absolute atomic E-state index is 0.000899. The van der Waals surface area contributed by atoms with Gasteiger partial charge in [0.15, 0.2) is 5.82 Å². The number of benzene rings is 3. The Morgan fingerprint density at radius 3 is 2.41 bits per heavy atom. The van der Waals surface area contributed by atoms with E-state index in [1.807, 2.05) is 26.0 Å². The highest BCUT2D eigenvalue weighted by Gasteiger charge is 2.31. The summed E-state index contributed by atoms with van der Waals surface area (Å²) in [6.45, 7) is 9.81. The van der Waals surface area contributed by atoms with Crippen LogP contribution in [0.1, 0.15) is 79.4 Å². The van der Waals surface area contributed by atoms with Gasteiger partial charge in [-0.15, -0.1) is 0 Å². The second-order valence-electron chi connectivity index (χ2n) is 15.2. The molecule has 14 heteroatoms. The van der Waals surface area contributed by atoms with Crippen LogP contribution in [0.5, 0.6) is 11.5 Å². The molecule has 54 heavy (non-hydrogen) atoms. The van der Waals surface area contributed by atoms with Gasteiger partial charge in [0.2, 0.25) is 5.91 Å². The maximum absolute atomic E-state index is 13.5. The molecule has 0 spiro atoms. The highest BCUT2D eigenvalue weighted by Crippen LogP contribution is 2.40. The first-order valence-corrected chi connectivity index (χ1v) is 19.6. The number of nitrogen functional groups attached to an aromatic ring is 1. The summed E-state index contributed by atoms with van der Waals surface area (Å²) in [7, 11) is 0. The summed E-state index contributed by atoms with van der Waals surface area (Å²) < 4.78 is 0. The molecular formula is C40H47ClN8O4S. The normalized spacial score (nSPS) is 17.2. The molecule has 0 unspecified atom stereocenters. The molecule has 2 saturated heterocycles. The lowest BCUT2D eigenvalue weighted by molar-refractivity contribution is -0.120. The molecule has 0 aliphatic carbocycles. The second-order valence-corrected chi connectivity index (χ2v) is 16.6. The van der Waals surface area contributed by atoms with Gasteiger partial charge in [-0.05, 0) is 85.5 Å². The first kappa shape index (κ1) is 37.6. The number of amides is 2. The van der Waals surface area contributed by atoms with Crippen LogP contribution in [0, 0.1) is 5.92 Å². The number of halogens is 1. The van der Waals surface area contributed by atoms with Crippen LogP contribution in [-0.2, 0) is 17.9 Å². The molecule has 3 aliphatic heterocycles. The fourth-order valence-electron chi connectivity index (χ4n) is 7.40. The topological polar surface area (TPSA) is 174 Å². The average Bonchev–Trinajstić information content (AvgIpc) is 3.57. The van der Waals surface area contributed by atoms with E-state index in [9.17, 15) is 19.8 Å². The lowest BCUT2D eigenvalue weighted by Gasteiger charge is -2.37. The van der Waals surface area contributed by atoms with E-state index in [-0.39, 0.29) is 46.3 Å². The van der Waals surface area contributed by atoms with Gasteiger partial charge in [0.25, 0.3) is 5.91 Å². The number of phenolic OH excluding ortho intramolecular Hbond substituents is 2. The van der Waals surface area contributed by atoms with E-state index in [1.54, 1.807) is 23.2 Å². The molecule has 0 radical (unpaired) electrons. The van der Waals surface area contributed by atoms with E-state index < -0.39 is 0 Å². The van der Waals surface area contributed by atoms with Crippen molar-refractivity contribution in [2.24, 2.45) is 11.7 Å². The molecule has 3 aliphatic rings. The Kier molecular flexibility index (Phi) is 10.6. The summed E-state index contributed by atoms with van der Waals surface area (Å²) >= 11 is 8.13. The molecule has 0 saturated carbocycles. The van der Waals surface area contributed by atoms with Gasteiger partial charge in [-0.1, -0.05) is 49.3 Å². The number of carbonyl (C=O) groups is 2. The van der Waals surface area contributed by atoms with Crippen LogP contribution in [0.25, 0.3) is 0 Å². The molecule has 2 fully saturated rings. The van der Waals surface area contributed by atoms with E-state index >= 15 is 0 Å². The van der Waals surface area contributed by atoms with Crippen molar-refractivity contribution in [3.8, 4) is 11.5 Å². The van der Waals surface area contributed by atoms with Crippen molar-refractivity contribution in [2.45, 2.75) is 80.9 Å². The van der Waals surface area contributed by atoms with Gasteiger partial charge in [0.05, 0.1) is 22.5 Å². The Morgan fingerprint density at radius 1 is 0.981 bits per heavy atom. The number of anilines is 4. The first-order valence-electron chi connectivity index (χ1n) is 18.4. The van der Waals surface area contributed by atoms with Crippen molar-refractivity contribution in [3.63, 3.8) is 0 Å². The second kappa shape index (κ2) is 15.2. The molecule has 7 rings (SSSR count). The zero-order valence-electron chi connectivity index (χ0n) is 30.8. The van der Waals surface area contributed by atoms with Crippen LogP contribution in [0.15, 0.2) is 64.6 Å². The number of phenols is 2. The number of hydrogen-bond donors (Lipinski definition) is 5. The number of nitrogens with two attached hydrogens (primary N) is 2. The Hall–Kier alpha value is -4.72. The largest absolute Gasteiger partial charge is 0.508 e. The van der Waals surface area contributed by atoms with Crippen molar-refractivity contribution in [1.82, 2.24) is 14.9 Å². The van der Waals surface area contributed by atoms with Crippen LogP contribution in [0.3, 0.4) is 0 Å². The zero-order chi connectivity index (χ0) is 38.3. The van der Waals surface area contributed by atoms with E-state index in [4.69, 9.17) is 23.1 Å². The number of nitrogens with zero attached hydrogens (tertiary/aromatic N) is 5. The first-order chi connectivity index (χ1) is 25.8. The predicted molar refractivity (Wildman–Crippen MR) is 214 cm³/mol. The van der Waals surface area contributed by atoms with E-state index in [2.05, 4.69) is 50.2 Å². The molecular weight excluding hydrogens is 724 g/mol. The number of aromatic nitrogens is 2. The van der Waals surface area contributed by atoms with Crippen molar-refractivity contribution >= 4 is 58.2 Å². The Bertz CT molecular complexity index is 2080. The molecule has 7 N–H and O–H groups in total. The number of piperidine rings is 2. The van der Waals surface area contributed by atoms with Gasteiger partial charge in [0.1, 0.15) is 22.3 Å². The van der Waals surface area contributed by atoms with Gasteiger partial charge in [-0.2, -0.15) is 0 Å². The highest BCUT2D eigenvalue weighted by molar-refractivity contribution is 7.99. The van der Waals surface area contributed by atoms with Crippen LogP contribution >= 0.6 is 23.4 Å². The number of fused-ring (bicyclic) bond motifs is 1. The highest BCUT2D eigenvalue weighted by atomic mass is 35.5. The van der Waals surface area contributed by atoms with Crippen LogP contribution in [-0.4, -0.2) is 68.6 Å². The molecule has 12 nitrogen and oxygen atoms in total. The van der Waals surface area contributed by atoms with Crippen LogP contribution in [0.4, 0.5) is 23.0 Å². The monoisotopic (exact) mass is 770 g/mol. The summed E-state index contributed by atoms with van der Waals surface area (Å²) in [6.07, 6.45) is 4.83. The molecule has 1 aromatic heterocycles. The summed E-state index contributed by atoms with van der Waals surface area (Å²) in [4.78, 5) is 43.0. The molecule has 284 valence electrons. The summed E-state index contributed by atoms with van der Waals surface area (Å²) in [5.74, 6) is 0.283. The summed E-state index contributed by atoms with van der Waals surface area (Å²) in [5.41, 5.74) is 17.0. The summed E-state index contributed by atoms with van der Waals surface area (Å²) in [6, 6.07) is 14.6. The van der Waals surface area contributed by atoms with E-state index in [0.717, 1.165) is 48.6 Å². The van der Waals surface area contributed by atoms with Crippen molar-refractivity contribution < 1.29 is 19.8 Å². The SMILES string of the molecule is CC(C)c1cc(C(=O)N2Cc3ccc(N4CCC(C(=O)Nc5cccc(Sc6ncc(N7CCC(C)(N)CC7)nc6N)c5Cl)CC4)cc3C2)c(O)cc1O. The fraction of sp³-hybridized carbons (Fsp3) is 0.400. The molecule has 3 aromatic carbocycles. The smallest absolute Gasteiger partial charge is 0.258 e. The van der Waals surface area contributed by atoms with Gasteiger partial charge in [-0.3, -0.25) is 9.59 Å². The van der Waals surface area contributed by atoms with Gasteiger partial charge < -0.3 is 41.7 Å². The molecule has 0 atom stereocenters. The van der Waals surface area contributed by atoms with Gasteiger partial charge in [-0.25, -0.2) is 9.97 Å². The van der Waals surface area contributed by atoms with Crippen LogP contribution in [0.2, 0.25) is 5.02 Å². The third-order valence-corrected chi connectivity index (χ3v) is 12.4.